The maximum Gasteiger partial charge on any atom is 0.303 e. The van der Waals surface area contributed by atoms with Crippen molar-refractivity contribution in [2.45, 2.75) is 38.7 Å². The van der Waals surface area contributed by atoms with Gasteiger partial charge in [-0.3, -0.25) is 14.7 Å². The van der Waals surface area contributed by atoms with E-state index in [1.807, 2.05) is 36.4 Å². The van der Waals surface area contributed by atoms with E-state index in [-0.39, 0.29) is 18.3 Å². The molecule has 0 unspecified atom stereocenters. The minimum Gasteiger partial charge on any atom is -0.497 e. The van der Waals surface area contributed by atoms with Crippen LogP contribution < -0.4 is 4.74 Å². The third-order valence-corrected chi connectivity index (χ3v) is 7.15. The topological polar surface area (TPSA) is 82.9 Å². The molecule has 4 rings (SSSR count). The molecule has 2 N–H and O–H groups in total. The van der Waals surface area contributed by atoms with E-state index in [9.17, 15) is 15.0 Å². The first-order valence-electron chi connectivity index (χ1n) is 12.5. The quantitative estimate of drug-likeness (QED) is 0.444. The first kappa shape index (κ1) is 25.7. The molecule has 3 atom stereocenters. The molecular weight excluding hydrogens is 452 g/mol. The van der Waals surface area contributed by atoms with Gasteiger partial charge in [-0.1, -0.05) is 29.5 Å². The van der Waals surface area contributed by atoms with E-state index in [0.717, 1.165) is 47.2 Å². The third kappa shape index (κ3) is 6.63. The summed E-state index contributed by atoms with van der Waals surface area (Å²) in [6, 6.07) is 15.7. The molecule has 2 aromatic carbocycles. The van der Waals surface area contributed by atoms with Crippen LogP contribution in [0.5, 0.6) is 5.75 Å². The standard InChI is InChI=1S/C30H34N2O4/c1-21-5-7-22(8-6-21)4-3-16-32-17-14-23(24(20-32)18-30(34)35)9-12-29(33)26-13-15-31-28-11-10-25(36-2)19-27(26)28/h5-8,10-11,13,15,19,23-24,29,33H,9,12,14,16-18,20H2,1-2H3,(H,34,35)/t23-,24+,29-/m1/s1. The average molecular weight is 487 g/mol. The van der Waals surface area contributed by atoms with Crippen molar-refractivity contribution in [2.24, 2.45) is 11.8 Å². The van der Waals surface area contributed by atoms with Gasteiger partial charge in [0, 0.05) is 30.1 Å². The zero-order valence-corrected chi connectivity index (χ0v) is 21.0. The van der Waals surface area contributed by atoms with Crippen LogP contribution in [0.4, 0.5) is 0 Å². The maximum atomic E-state index is 11.6. The van der Waals surface area contributed by atoms with Gasteiger partial charge in [0.15, 0.2) is 0 Å². The summed E-state index contributed by atoms with van der Waals surface area (Å²) >= 11 is 0. The molecule has 188 valence electrons. The number of pyridine rings is 1. The molecule has 1 fully saturated rings. The number of carboxylic acids is 1. The number of methoxy groups -OCH3 is 1. The van der Waals surface area contributed by atoms with Crippen LogP contribution in [0.15, 0.2) is 54.7 Å². The van der Waals surface area contributed by atoms with Gasteiger partial charge in [-0.25, -0.2) is 0 Å². The summed E-state index contributed by atoms with van der Waals surface area (Å²) in [4.78, 5) is 18.3. The summed E-state index contributed by atoms with van der Waals surface area (Å²) in [7, 11) is 1.62. The second-order valence-corrected chi connectivity index (χ2v) is 9.69. The molecule has 0 amide bonds. The summed E-state index contributed by atoms with van der Waals surface area (Å²) in [6.07, 6.45) is 3.46. The van der Waals surface area contributed by atoms with Crippen LogP contribution >= 0.6 is 0 Å². The average Bonchev–Trinajstić information content (AvgIpc) is 2.88. The van der Waals surface area contributed by atoms with E-state index in [1.54, 1.807) is 13.3 Å². The van der Waals surface area contributed by atoms with Crippen LogP contribution in [-0.4, -0.2) is 52.8 Å². The number of likely N-dealkylation sites (tertiary alicyclic amines) is 1. The Balaban J connectivity index is 1.38. The number of hydrogen-bond donors (Lipinski definition) is 2. The predicted molar refractivity (Wildman–Crippen MR) is 141 cm³/mol. The minimum atomic E-state index is -0.773. The smallest absolute Gasteiger partial charge is 0.303 e. The van der Waals surface area contributed by atoms with Crippen LogP contribution in [0.2, 0.25) is 0 Å². The molecule has 0 radical (unpaired) electrons. The van der Waals surface area contributed by atoms with E-state index >= 15 is 0 Å². The Kier molecular flexibility index (Phi) is 8.58. The Hall–Kier alpha value is -3.40. The number of rotatable bonds is 8. The van der Waals surface area contributed by atoms with E-state index in [2.05, 4.69) is 40.8 Å². The molecule has 0 bridgehead atoms. The number of nitrogens with zero attached hydrogens (tertiary/aromatic N) is 2. The van der Waals surface area contributed by atoms with Crippen molar-refractivity contribution < 1.29 is 19.7 Å². The molecule has 3 aromatic rings. The maximum absolute atomic E-state index is 11.6. The Morgan fingerprint density at radius 2 is 2.00 bits per heavy atom. The van der Waals surface area contributed by atoms with Gasteiger partial charge in [-0.15, -0.1) is 0 Å². The van der Waals surface area contributed by atoms with Crippen molar-refractivity contribution in [1.82, 2.24) is 9.88 Å². The molecule has 1 aliphatic rings. The highest BCUT2D eigenvalue weighted by Crippen LogP contribution is 2.34. The van der Waals surface area contributed by atoms with Gasteiger partial charge in [0.1, 0.15) is 5.75 Å². The SMILES string of the molecule is COc1ccc2nccc([C@H](O)CC[C@@H]3CCN(CC#Cc4ccc(C)cc4)C[C@@H]3CC(=O)O)c2c1. The highest BCUT2D eigenvalue weighted by Gasteiger charge is 2.31. The summed E-state index contributed by atoms with van der Waals surface area (Å²) < 4.78 is 5.35. The monoisotopic (exact) mass is 486 g/mol. The summed E-state index contributed by atoms with van der Waals surface area (Å²) in [5, 5.41) is 21.5. The van der Waals surface area contributed by atoms with Crippen LogP contribution in [0.3, 0.4) is 0 Å². The first-order chi connectivity index (χ1) is 17.4. The zero-order valence-electron chi connectivity index (χ0n) is 21.0. The highest BCUT2D eigenvalue weighted by molar-refractivity contribution is 5.83. The Morgan fingerprint density at radius 3 is 2.75 bits per heavy atom. The molecular formula is C30H34N2O4. The molecule has 0 saturated carbocycles. The van der Waals surface area contributed by atoms with Crippen LogP contribution in [-0.2, 0) is 4.79 Å². The fourth-order valence-corrected chi connectivity index (χ4v) is 5.12. The van der Waals surface area contributed by atoms with E-state index in [1.165, 1.54) is 5.56 Å². The van der Waals surface area contributed by atoms with Gasteiger partial charge >= 0.3 is 5.97 Å². The van der Waals surface area contributed by atoms with Crippen molar-refractivity contribution in [3.8, 4) is 17.6 Å². The van der Waals surface area contributed by atoms with E-state index < -0.39 is 12.1 Å². The number of aliphatic hydroxyl groups excluding tert-OH is 1. The fraction of sp³-hybridized carbons (Fsp3) is 0.400. The highest BCUT2D eigenvalue weighted by atomic mass is 16.5. The van der Waals surface area contributed by atoms with E-state index in [4.69, 9.17) is 4.74 Å². The van der Waals surface area contributed by atoms with Gasteiger partial charge in [-0.2, -0.15) is 0 Å². The second-order valence-electron chi connectivity index (χ2n) is 9.69. The lowest BCUT2D eigenvalue weighted by Crippen LogP contribution is -2.41. The number of hydrogen-bond acceptors (Lipinski definition) is 5. The number of carbonyl (C=O) groups is 1. The number of piperidine rings is 1. The van der Waals surface area contributed by atoms with Gasteiger partial charge in [0.25, 0.3) is 0 Å². The number of ether oxygens (including phenoxy) is 1. The molecule has 0 spiro atoms. The fourth-order valence-electron chi connectivity index (χ4n) is 5.12. The second kappa shape index (κ2) is 12.0. The lowest BCUT2D eigenvalue weighted by atomic mass is 9.79. The summed E-state index contributed by atoms with van der Waals surface area (Å²) in [5.74, 6) is 6.70. The normalized spacial score (nSPS) is 18.9. The van der Waals surface area contributed by atoms with Crippen LogP contribution in [0, 0.1) is 30.6 Å². The summed E-state index contributed by atoms with van der Waals surface area (Å²) in [5.41, 5.74) is 3.85. The van der Waals surface area contributed by atoms with Crippen LogP contribution in [0.25, 0.3) is 10.9 Å². The van der Waals surface area contributed by atoms with Crippen molar-refractivity contribution in [3.63, 3.8) is 0 Å². The van der Waals surface area contributed by atoms with Gasteiger partial charge < -0.3 is 14.9 Å². The van der Waals surface area contributed by atoms with Crippen molar-refractivity contribution in [2.75, 3.05) is 26.7 Å². The predicted octanol–water partition coefficient (Wildman–Crippen LogP) is 4.83. The number of fused-ring (bicyclic) bond motifs is 1. The van der Waals surface area contributed by atoms with Gasteiger partial charge in [0.2, 0.25) is 0 Å². The number of aliphatic hydroxyl groups is 1. The molecule has 1 aromatic heterocycles. The number of benzene rings is 2. The Morgan fingerprint density at radius 1 is 1.19 bits per heavy atom. The number of aromatic nitrogens is 1. The molecule has 0 aliphatic carbocycles. The largest absolute Gasteiger partial charge is 0.497 e. The molecule has 1 aliphatic heterocycles. The number of carboxylic acid groups (broad SMARTS) is 1. The van der Waals surface area contributed by atoms with Crippen molar-refractivity contribution in [1.29, 1.82) is 0 Å². The Bertz CT molecular complexity index is 1250. The molecule has 1 saturated heterocycles. The molecule has 6 heteroatoms. The third-order valence-electron chi connectivity index (χ3n) is 7.15. The minimum absolute atomic E-state index is 0.0407. The molecule has 6 nitrogen and oxygen atoms in total. The lowest BCUT2D eigenvalue weighted by molar-refractivity contribution is -0.139. The molecule has 36 heavy (non-hydrogen) atoms. The number of aliphatic carboxylic acids is 1. The first-order valence-corrected chi connectivity index (χ1v) is 12.5. The van der Waals surface area contributed by atoms with Crippen LogP contribution in [0.1, 0.15) is 48.5 Å². The van der Waals surface area contributed by atoms with Gasteiger partial charge in [-0.05, 0) is 86.5 Å². The zero-order chi connectivity index (χ0) is 25.5. The Labute approximate surface area is 212 Å². The van der Waals surface area contributed by atoms with Crippen molar-refractivity contribution >= 4 is 16.9 Å². The summed E-state index contributed by atoms with van der Waals surface area (Å²) in [6.45, 7) is 4.28. The van der Waals surface area contributed by atoms with E-state index in [0.29, 0.717) is 19.5 Å². The number of aryl methyl sites for hydroxylation is 1. The van der Waals surface area contributed by atoms with Gasteiger partial charge in [0.05, 0.1) is 25.3 Å². The van der Waals surface area contributed by atoms with Crippen molar-refractivity contribution in [3.05, 3.63) is 71.4 Å². The lowest BCUT2D eigenvalue weighted by Gasteiger charge is -2.37. The molecule has 2 heterocycles.